The smallest absolute Gasteiger partial charge is 0.308 e. The molecule has 0 spiro atoms. The highest BCUT2D eigenvalue weighted by Gasteiger charge is 2.29. The van der Waals surface area contributed by atoms with Crippen LogP contribution in [0.1, 0.15) is 25.0 Å². The lowest BCUT2D eigenvalue weighted by Crippen LogP contribution is -2.31. The summed E-state index contributed by atoms with van der Waals surface area (Å²) in [6.07, 6.45) is -0.269. The summed E-state index contributed by atoms with van der Waals surface area (Å²) in [5, 5.41) is 2.37. The molecule has 118 valence electrons. The van der Waals surface area contributed by atoms with E-state index >= 15 is 0 Å². The maximum Gasteiger partial charge on any atom is 0.308 e. The van der Waals surface area contributed by atoms with Crippen molar-refractivity contribution in [1.82, 2.24) is 0 Å². The Labute approximate surface area is 139 Å². The second kappa shape index (κ2) is 6.87. The molecule has 1 aliphatic heterocycles. The average molecular weight is 327 g/mol. The van der Waals surface area contributed by atoms with Crippen molar-refractivity contribution in [3.63, 3.8) is 0 Å². The molecular weight excluding hydrogens is 310 g/mol. The quantitative estimate of drug-likeness (QED) is 0.868. The van der Waals surface area contributed by atoms with Gasteiger partial charge >= 0.3 is 5.97 Å². The number of ether oxygens (including phenoxy) is 1. The van der Waals surface area contributed by atoms with E-state index in [1.54, 1.807) is 0 Å². The zero-order valence-electron chi connectivity index (χ0n) is 12.7. The van der Waals surface area contributed by atoms with Crippen LogP contribution in [0.15, 0.2) is 59.5 Å². The number of carbonyl (C=O) groups is 2. The molecule has 0 saturated heterocycles. The number of esters is 1. The molecule has 0 aliphatic carbocycles. The number of rotatable bonds is 4. The molecule has 4 nitrogen and oxygen atoms in total. The van der Waals surface area contributed by atoms with Crippen LogP contribution >= 0.6 is 11.8 Å². The van der Waals surface area contributed by atoms with E-state index in [4.69, 9.17) is 4.74 Å². The van der Waals surface area contributed by atoms with Gasteiger partial charge in [-0.05, 0) is 24.6 Å². The summed E-state index contributed by atoms with van der Waals surface area (Å²) in [5.41, 5.74) is 1.73. The van der Waals surface area contributed by atoms with E-state index in [1.807, 2.05) is 61.5 Å². The minimum atomic E-state index is -0.458. The predicted molar refractivity (Wildman–Crippen MR) is 90.3 cm³/mol. The van der Waals surface area contributed by atoms with Crippen molar-refractivity contribution in [3.8, 4) is 0 Å². The van der Waals surface area contributed by atoms with Gasteiger partial charge in [-0.2, -0.15) is 0 Å². The van der Waals surface area contributed by atoms with E-state index < -0.39 is 5.25 Å². The van der Waals surface area contributed by atoms with E-state index in [1.165, 1.54) is 11.8 Å². The largest absolute Gasteiger partial charge is 0.458 e. The van der Waals surface area contributed by atoms with Crippen molar-refractivity contribution in [2.45, 2.75) is 29.6 Å². The van der Waals surface area contributed by atoms with Crippen LogP contribution in [0.25, 0.3) is 0 Å². The van der Waals surface area contributed by atoms with Gasteiger partial charge < -0.3 is 10.1 Å². The minimum Gasteiger partial charge on any atom is -0.458 e. The van der Waals surface area contributed by atoms with Gasteiger partial charge in [0.15, 0.2) is 0 Å². The molecular formula is C18H17NO3S. The van der Waals surface area contributed by atoms with Crippen molar-refractivity contribution in [2.24, 2.45) is 0 Å². The Kier molecular flexibility index (Phi) is 4.67. The molecule has 1 amide bonds. The first kappa shape index (κ1) is 15.6. The number of carbonyl (C=O) groups excluding carboxylic acids is 2. The Morgan fingerprint density at radius 1 is 1.17 bits per heavy atom. The number of para-hydroxylation sites is 1. The summed E-state index contributed by atoms with van der Waals surface area (Å²) in [4.78, 5) is 25.2. The topological polar surface area (TPSA) is 55.4 Å². The number of thioether (sulfide) groups is 1. The number of fused-ring (bicyclic) bond motifs is 1. The molecule has 2 aromatic rings. The lowest BCUT2D eigenvalue weighted by molar-refractivity contribution is -0.149. The van der Waals surface area contributed by atoms with Crippen LogP contribution in [-0.4, -0.2) is 17.1 Å². The van der Waals surface area contributed by atoms with Gasteiger partial charge in [0.25, 0.3) is 0 Å². The molecule has 0 saturated carbocycles. The van der Waals surface area contributed by atoms with Gasteiger partial charge in [-0.15, -0.1) is 11.8 Å². The van der Waals surface area contributed by atoms with Crippen LogP contribution in [-0.2, 0) is 14.3 Å². The second-order valence-electron chi connectivity index (χ2n) is 5.34. The third-order valence-electron chi connectivity index (χ3n) is 3.64. The molecule has 0 bridgehead atoms. The standard InChI is InChI=1S/C18H17NO3S/c1-12(13-7-3-2-4-8-13)22-17(20)11-16-18(21)19-14-9-5-6-10-15(14)23-16/h2-10,12,16H,11H2,1H3,(H,19,21)/t12-,16-/m0/s1. The van der Waals surface area contributed by atoms with Crippen LogP contribution in [0.3, 0.4) is 0 Å². The predicted octanol–water partition coefficient (Wildman–Crippen LogP) is 3.79. The van der Waals surface area contributed by atoms with Gasteiger partial charge in [-0.25, -0.2) is 0 Å². The number of amides is 1. The first-order valence-corrected chi connectivity index (χ1v) is 8.32. The van der Waals surface area contributed by atoms with Gasteiger partial charge in [-0.1, -0.05) is 42.5 Å². The van der Waals surface area contributed by atoms with E-state index in [0.717, 1.165) is 16.1 Å². The molecule has 2 atom stereocenters. The SMILES string of the molecule is C[C@H](OC(=O)C[C@@H]1Sc2ccccc2NC1=O)c1ccccc1. The number of nitrogens with one attached hydrogen (secondary N) is 1. The van der Waals surface area contributed by atoms with E-state index in [2.05, 4.69) is 5.32 Å². The molecule has 0 unspecified atom stereocenters. The Hall–Kier alpha value is -2.27. The van der Waals surface area contributed by atoms with Gasteiger partial charge in [0.05, 0.1) is 17.4 Å². The highest BCUT2D eigenvalue weighted by molar-refractivity contribution is 8.01. The fourth-order valence-electron chi connectivity index (χ4n) is 2.42. The van der Waals surface area contributed by atoms with Crippen LogP contribution < -0.4 is 5.32 Å². The fourth-order valence-corrected chi connectivity index (χ4v) is 3.51. The molecule has 5 heteroatoms. The third-order valence-corrected chi connectivity index (χ3v) is 4.91. The lowest BCUT2D eigenvalue weighted by Gasteiger charge is -2.24. The Bertz CT molecular complexity index is 717. The summed E-state index contributed by atoms with van der Waals surface area (Å²) in [5.74, 6) is -0.522. The van der Waals surface area contributed by atoms with Crippen molar-refractivity contribution in [3.05, 3.63) is 60.2 Å². The van der Waals surface area contributed by atoms with Crippen LogP contribution in [0.2, 0.25) is 0 Å². The molecule has 1 aliphatic rings. The van der Waals surface area contributed by atoms with Gasteiger partial charge in [-0.3, -0.25) is 9.59 Å². The molecule has 2 aromatic carbocycles. The number of hydrogen-bond donors (Lipinski definition) is 1. The zero-order valence-corrected chi connectivity index (χ0v) is 13.5. The second-order valence-corrected chi connectivity index (χ2v) is 6.58. The summed E-state index contributed by atoms with van der Waals surface area (Å²) in [6, 6.07) is 17.1. The zero-order chi connectivity index (χ0) is 16.2. The van der Waals surface area contributed by atoms with Crippen LogP contribution in [0, 0.1) is 0 Å². The molecule has 0 aromatic heterocycles. The number of anilines is 1. The van der Waals surface area contributed by atoms with Crippen molar-refractivity contribution in [1.29, 1.82) is 0 Å². The first-order chi connectivity index (χ1) is 11.1. The maximum atomic E-state index is 12.1. The Morgan fingerprint density at radius 3 is 2.65 bits per heavy atom. The molecule has 0 radical (unpaired) electrons. The Morgan fingerprint density at radius 2 is 1.87 bits per heavy atom. The molecule has 0 fully saturated rings. The fraction of sp³-hybridized carbons (Fsp3) is 0.222. The third kappa shape index (κ3) is 3.74. The lowest BCUT2D eigenvalue weighted by atomic mass is 10.1. The normalized spacial score (nSPS) is 17.8. The number of benzene rings is 2. The van der Waals surface area contributed by atoms with Crippen LogP contribution in [0.5, 0.6) is 0 Å². The van der Waals surface area contributed by atoms with E-state index in [9.17, 15) is 9.59 Å². The van der Waals surface area contributed by atoms with Crippen molar-refractivity contribution >= 4 is 29.3 Å². The average Bonchev–Trinajstić information content (AvgIpc) is 2.56. The highest BCUT2D eigenvalue weighted by atomic mass is 32.2. The van der Waals surface area contributed by atoms with E-state index in [-0.39, 0.29) is 24.4 Å². The summed E-state index contributed by atoms with van der Waals surface area (Å²) < 4.78 is 5.44. The summed E-state index contributed by atoms with van der Waals surface area (Å²) in [7, 11) is 0. The Balaban J connectivity index is 1.61. The monoisotopic (exact) mass is 327 g/mol. The van der Waals surface area contributed by atoms with E-state index in [0.29, 0.717) is 0 Å². The summed E-state index contributed by atoms with van der Waals surface area (Å²) in [6.45, 7) is 1.83. The van der Waals surface area contributed by atoms with Crippen LogP contribution in [0.4, 0.5) is 5.69 Å². The molecule has 1 heterocycles. The molecule has 23 heavy (non-hydrogen) atoms. The van der Waals surface area contributed by atoms with Gasteiger partial charge in [0, 0.05) is 4.90 Å². The summed E-state index contributed by atoms with van der Waals surface area (Å²) >= 11 is 1.40. The molecule has 1 N–H and O–H groups in total. The van der Waals surface area contributed by atoms with Crippen molar-refractivity contribution in [2.75, 3.05) is 5.32 Å². The molecule has 3 rings (SSSR count). The van der Waals surface area contributed by atoms with Gasteiger partial charge in [0.2, 0.25) is 5.91 Å². The minimum absolute atomic E-state index is 0.0575. The maximum absolute atomic E-state index is 12.1. The highest BCUT2D eigenvalue weighted by Crippen LogP contribution is 2.36. The first-order valence-electron chi connectivity index (χ1n) is 7.44. The number of hydrogen-bond acceptors (Lipinski definition) is 4. The van der Waals surface area contributed by atoms with Gasteiger partial charge in [0.1, 0.15) is 6.10 Å². The van der Waals surface area contributed by atoms with Crippen molar-refractivity contribution < 1.29 is 14.3 Å².